The molecule has 0 heterocycles. The molecule has 1 aromatic rings. The number of hydrogen-bond acceptors (Lipinski definition) is 3. The highest BCUT2D eigenvalue weighted by atomic mass is 79.9. The van der Waals surface area contributed by atoms with Crippen molar-refractivity contribution in [2.24, 2.45) is 11.7 Å². The first-order valence-electron chi connectivity index (χ1n) is 6.23. The minimum absolute atomic E-state index is 0.180. The maximum Gasteiger partial charge on any atom is 0.179 e. The number of benzene rings is 1. The van der Waals surface area contributed by atoms with Gasteiger partial charge < -0.3 is 5.73 Å². The predicted molar refractivity (Wildman–Crippen MR) is 76.1 cm³/mol. The lowest BCUT2D eigenvalue weighted by Crippen LogP contribution is -2.26. The Bertz CT molecular complexity index is 515. The zero-order valence-corrected chi connectivity index (χ0v) is 12.6. The monoisotopic (exact) mass is 331 g/mol. The maximum atomic E-state index is 12.2. The van der Waals surface area contributed by atoms with E-state index in [9.17, 15) is 8.42 Å². The van der Waals surface area contributed by atoms with Crippen LogP contribution in [-0.2, 0) is 9.84 Å². The summed E-state index contributed by atoms with van der Waals surface area (Å²) in [6, 6.07) is 7.15. The van der Waals surface area contributed by atoms with E-state index in [1.165, 1.54) is 0 Å². The molecule has 2 unspecified atom stereocenters. The summed E-state index contributed by atoms with van der Waals surface area (Å²) in [6.45, 7) is 0. The molecule has 1 fully saturated rings. The van der Waals surface area contributed by atoms with Gasteiger partial charge in [0.25, 0.3) is 0 Å². The van der Waals surface area contributed by atoms with Gasteiger partial charge in [0.1, 0.15) is 0 Å². The molecule has 0 saturated heterocycles. The van der Waals surface area contributed by atoms with Crippen LogP contribution in [-0.4, -0.2) is 20.2 Å². The molecule has 1 aromatic carbocycles. The van der Waals surface area contributed by atoms with Crippen molar-refractivity contribution in [3.63, 3.8) is 0 Å². The van der Waals surface area contributed by atoms with Crippen LogP contribution in [0.25, 0.3) is 0 Å². The van der Waals surface area contributed by atoms with Crippen molar-refractivity contribution in [1.29, 1.82) is 0 Å². The van der Waals surface area contributed by atoms with Crippen LogP contribution in [0, 0.1) is 5.92 Å². The molecule has 5 heteroatoms. The summed E-state index contributed by atoms with van der Waals surface area (Å²) in [5.74, 6) is 0.552. The van der Waals surface area contributed by atoms with Gasteiger partial charge in [-0.3, -0.25) is 0 Å². The van der Waals surface area contributed by atoms with Crippen LogP contribution in [0.15, 0.2) is 33.6 Å². The lowest BCUT2D eigenvalue weighted by molar-refractivity contribution is 0.464. The van der Waals surface area contributed by atoms with E-state index in [4.69, 9.17) is 5.73 Å². The van der Waals surface area contributed by atoms with Gasteiger partial charge in [0.2, 0.25) is 0 Å². The number of halogens is 1. The third-order valence-electron chi connectivity index (χ3n) is 3.65. The molecular weight excluding hydrogens is 314 g/mol. The minimum Gasteiger partial charge on any atom is -0.327 e. The molecule has 3 nitrogen and oxygen atoms in total. The summed E-state index contributed by atoms with van der Waals surface area (Å²) in [5.41, 5.74) is 5.97. The van der Waals surface area contributed by atoms with E-state index in [0.717, 1.165) is 19.3 Å². The summed E-state index contributed by atoms with van der Waals surface area (Å²) in [4.78, 5) is 0.386. The van der Waals surface area contributed by atoms with E-state index < -0.39 is 9.84 Å². The Morgan fingerprint density at radius 3 is 2.61 bits per heavy atom. The molecule has 2 atom stereocenters. The zero-order valence-electron chi connectivity index (χ0n) is 10.2. The Kier molecular flexibility index (Phi) is 4.45. The molecular formula is C13H18BrNO2S. The van der Waals surface area contributed by atoms with Gasteiger partial charge in [-0.05, 0) is 53.2 Å². The predicted octanol–water partition coefficient (Wildman–Crippen LogP) is 2.74. The average molecular weight is 332 g/mol. The standard InChI is InChI=1S/C13H18BrNO2S/c14-11-5-1-2-7-13(11)18(16,17)9-8-10-4-3-6-12(10)15/h1-2,5,7,10,12H,3-4,6,8-9,15H2. The van der Waals surface area contributed by atoms with Crippen LogP contribution in [0.1, 0.15) is 25.7 Å². The molecule has 18 heavy (non-hydrogen) atoms. The number of hydrogen-bond donors (Lipinski definition) is 1. The molecule has 1 saturated carbocycles. The van der Waals surface area contributed by atoms with Gasteiger partial charge in [-0.2, -0.15) is 0 Å². The summed E-state index contributed by atoms with van der Waals surface area (Å²) in [5, 5.41) is 0. The highest BCUT2D eigenvalue weighted by molar-refractivity contribution is 9.10. The Hall–Kier alpha value is -0.390. The molecule has 1 aliphatic carbocycles. The van der Waals surface area contributed by atoms with E-state index in [2.05, 4.69) is 15.9 Å². The van der Waals surface area contributed by atoms with Gasteiger partial charge in [-0.25, -0.2) is 8.42 Å². The van der Waals surface area contributed by atoms with Crippen molar-refractivity contribution in [1.82, 2.24) is 0 Å². The number of rotatable bonds is 4. The first kappa shape index (κ1) is 14.0. The molecule has 0 aromatic heterocycles. The quantitative estimate of drug-likeness (QED) is 0.922. The zero-order chi connectivity index (χ0) is 13.2. The summed E-state index contributed by atoms with van der Waals surface area (Å²) in [6.07, 6.45) is 3.89. The SMILES string of the molecule is NC1CCCC1CCS(=O)(=O)c1ccccc1Br. The Morgan fingerprint density at radius 2 is 2.00 bits per heavy atom. The Balaban J connectivity index is 2.06. The van der Waals surface area contributed by atoms with Gasteiger partial charge in [0.15, 0.2) is 9.84 Å². The molecule has 2 rings (SSSR count). The molecule has 0 aliphatic heterocycles. The molecule has 2 N–H and O–H groups in total. The van der Waals surface area contributed by atoms with Crippen molar-refractivity contribution in [2.75, 3.05) is 5.75 Å². The van der Waals surface area contributed by atoms with Crippen LogP contribution in [0.5, 0.6) is 0 Å². The van der Waals surface area contributed by atoms with Crippen LogP contribution in [0.4, 0.5) is 0 Å². The average Bonchev–Trinajstić information content (AvgIpc) is 2.73. The Morgan fingerprint density at radius 1 is 1.28 bits per heavy atom. The van der Waals surface area contributed by atoms with Crippen molar-refractivity contribution in [3.05, 3.63) is 28.7 Å². The largest absolute Gasteiger partial charge is 0.327 e. The van der Waals surface area contributed by atoms with E-state index in [0.29, 0.717) is 21.7 Å². The van der Waals surface area contributed by atoms with Crippen LogP contribution >= 0.6 is 15.9 Å². The topological polar surface area (TPSA) is 60.2 Å². The van der Waals surface area contributed by atoms with Crippen molar-refractivity contribution in [2.45, 2.75) is 36.6 Å². The molecule has 0 amide bonds. The first-order chi connectivity index (χ1) is 8.50. The highest BCUT2D eigenvalue weighted by Crippen LogP contribution is 2.29. The third kappa shape index (κ3) is 3.13. The van der Waals surface area contributed by atoms with Gasteiger partial charge in [0, 0.05) is 10.5 Å². The molecule has 100 valence electrons. The van der Waals surface area contributed by atoms with Gasteiger partial charge in [-0.1, -0.05) is 18.6 Å². The second kappa shape index (κ2) is 5.72. The summed E-state index contributed by atoms with van der Waals surface area (Å²) in [7, 11) is -3.20. The molecule has 0 radical (unpaired) electrons. The van der Waals surface area contributed by atoms with E-state index >= 15 is 0 Å². The molecule has 0 spiro atoms. The van der Waals surface area contributed by atoms with Crippen molar-refractivity contribution >= 4 is 25.8 Å². The summed E-state index contributed by atoms with van der Waals surface area (Å²) >= 11 is 3.29. The van der Waals surface area contributed by atoms with E-state index in [1.54, 1.807) is 18.2 Å². The van der Waals surface area contributed by atoms with Crippen LogP contribution in [0.2, 0.25) is 0 Å². The van der Waals surface area contributed by atoms with Crippen molar-refractivity contribution < 1.29 is 8.42 Å². The highest BCUT2D eigenvalue weighted by Gasteiger charge is 2.26. The fraction of sp³-hybridized carbons (Fsp3) is 0.538. The lowest BCUT2D eigenvalue weighted by Gasteiger charge is -2.15. The number of nitrogens with two attached hydrogens (primary N) is 1. The molecule has 0 bridgehead atoms. The normalized spacial score (nSPS) is 24.3. The van der Waals surface area contributed by atoms with Gasteiger partial charge >= 0.3 is 0 Å². The fourth-order valence-electron chi connectivity index (χ4n) is 2.54. The Labute approximate surface area is 117 Å². The first-order valence-corrected chi connectivity index (χ1v) is 8.68. The molecule has 1 aliphatic rings. The second-order valence-electron chi connectivity index (χ2n) is 4.89. The third-order valence-corrected chi connectivity index (χ3v) is 6.40. The van der Waals surface area contributed by atoms with E-state index in [1.807, 2.05) is 6.07 Å². The summed E-state index contributed by atoms with van der Waals surface area (Å²) < 4.78 is 25.1. The maximum absolute atomic E-state index is 12.2. The minimum atomic E-state index is -3.20. The lowest BCUT2D eigenvalue weighted by atomic mass is 10.0. The van der Waals surface area contributed by atoms with Gasteiger partial charge in [-0.15, -0.1) is 0 Å². The van der Waals surface area contributed by atoms with Crippen LogP contribution < -0.4 is 5.73 Å². The van der Waals surface area contributed by atoms with Gasteiger partial charge in [0.05, 0.1) is 10.6 Å². The van der Waals surface area contributed by atoms with Crippen molar-refractivity contribution in [3.8, 4) is 0 Å². The number of sulfone groups is 1. The smallest absolute Gasteiger partial charge is 0.179 e. The second-order valence-corrected chi connectivity index (χ2v) is 7.82. The van der Waals surface area contributed by atoms with E-state index in [-0.39, 0.29) is 11.8 Å². The van der Waals surface area contributed by atoms with Crippen LogP contribution in [0.3, 0.4) is 0 Å². The fourth-order valence-corrected chi connectivity index (χ4v) is 5.05.